The number of carbonyl (C=O) groups is 2. The summed E-state index contributed by atoms with van der Waals surface area (Å²) in [5.74, 6) is 0. The highest BCUT2D eigenvalue weighted by Gasteiger charge is 2.25. The zero-order chi connectivity index (χ0) is 14.5. The Hall–Kier alpha value is -1.50. The highest BCUT2D eigenvalue weighted by Crippen LogP contribution is 2.12. The number of rotatable bonds is 2. The fraction of sp³-hybridized carbons (Fsp3) is 0.833. The van der Waals surface area contributed by atoms with E-state index in [0.29, 0.717) is 13.1 Å². The molecule has 1 aliphatic rings. The zero-order valence-electron chi connectivity index (χ0n) is 12.1. The Labute approximate surface area is 114 Å². The molecular formula is C12H24N4O3. The molecule has 0 bridgehead atoms. The van der Waals surface area contributed by atoms with E-state index >= 15 is 0 Å². The van der Waals surface area contributed by atoms with Gasteiger partial charge in [-0.15, -0.1) is 0 Å². The molecule has 3 N–H and O–H groups in total. The molecule has 110 valence electrons. The van der Waals surface area contributed by atoms with Gasteiger partial charge in [0.05, 0.1) is 0 Å². The second-order valence-electron chi connectivity index (χ2n) is 5.59. The highest BCUT2D eigenvalue weighted by molar-refractivity contribution is 5.73. The van der Waals surface area contributed by atoms with E-state index in [1.807, 2.05) is 20.8 Å². The fourth-order valence-corrected chi connectivity index (χ4v) is 1.89. The largest absolute Gasteiger partial charge is 0.444 e. The molecule has 0 atom stereocenters. The van der Waals surface area contributed by atoms with Crippen molar-refractivity contribution in [3.05, 3.63) is 0 Å². The van der Waals surface area contributed by atoms with E-state index in [2.05, 4.69) is 16.2 Å². The maximum Gasteiger partial charge on any atom is 0.407 e. The number of likely N-dealkylation sites (tertiary alicyclic amines) is 1. The first-order valence-electron chi connectivity index (χ1n) is 6.53. The van der Waals surface area contributed by atoms with Crippen molar-refractivity contribution in [2.75, 3.05) is 20.1 Å². The molecule has 7 nitrogen and oxygen atoms in total. The van der Waals surface area contributed by atoms with Gasteiger partial charge in [-0.25, -0.2) is 15.0 Å². The summed E-state index contributed by atoms with van der Waals surface area (Å²) >= 11 is 0. The zero-order valence-corrected chi connectivity index (χ0v) is 12.1. The van der Waals surface area contributed by atoms with E-state index in [0.717, 1.165) is 12.8 Å². The summed E-state index contributed by atoms with van der Waals surface area (Å²) in [4.78, 5) is 24.9. The molecular weight excluding hydrogens is 248 g/mol. The van der Waals surface area contributed by atoms with Crippen molar-refractivity contribution in [3.8, 4) is 0 Å². The average molecular weight is 272 g/mol. The summed E-state index contributed by atoms with van der Waals surface area (Å²) in [6, 6.07) is -0.0771. The molecule has 0 unspecified atom stereocenters. The second kappa shape index (κ2) is 6.60. The van der Waals surface area contributed by atoms with Gasteiger partial charge < -0.3 is 15.0 Å². The average Bonchev–Trinajstić information content (AvgIpc) is 2.27. The molecule has 1 saturated heterocycles. The normalized spacial score (nSPS) is 16.9. The van der Waals surface area contributed by atoms with Crippen LogP contribution in [0, 0.1) is 0 Å². The van der Waals surface area contributed by atoms with E-state index in [1.165, 1.54) is 0 Å². The summed E-state index contributed by atoms with van der Waals surface area (Å²) in [6.07, 6.45) is 1.07. The summed E-state index contributed by atoms with van der Waals surface area (Å²) < 4.78 is 5.20. The number of urea groups is 1. The van der Waals surface area contributed by atoms with E-state index < -0.39 is 11.7 Å². The van der Waals surface area contributed by atoms with Gasteiger partial charge in [0.25, 0.3) is 0 Å². The SMILES string of the molecule is CNNC(=O)N1CCC(NC(=O)OC(C)(C)C)CC1. The third-order valence-corrected chi connectivity index (χ3v) is 2.73. The lowest BCUT2D eigenvalue weighted by Gasteiger charge is -2.32. The van der Waals surface area contributed by atoms with Crippen molar-refractivity contribution >= 4 is 12.1 Å². The molecule has 19 heavy (non-hydrogen) atoms. The maximum atomic E-state index is 11.6. The van der Waals surface area contributed by atoms with Crippen molar-refractivity contribution in [1.82, 2.24) is 21.1 Å². The molecule has 1 rings (SSSR count). The number of nitrogens with zero attached hydrogens (tertiary/aromatic N) is 1. The van der Waals surface area contributed by atoms with Crippen molar-refractivity contribution in [3.63, 3.8) is 0 Å². The summed E-state index contributed by atoms with van der Waals surface area (Å²) in [7, 11) is 1.65. The minimum atomic E-state index is -0.489. The molecule has 0 aliphatic carbocycles. The minimum Gasteiger partial charge on any atom is -0.444 e. The Balaban J connectivity index is 2.30. The van der Waals surface area contributed by atoms with Crippen molar-refractivity contribution < 1.29 is 14.3 Å². The first-order chi connectivity index (χ1) is 8.81. The second-order valence-corrected chi connectivity index (χ2v) is 5.59. The lowest BCUT2D eigenvalue weighted by Crippen LogP contribution is -2.52. The molecule has 7 heteroatoms. The molecule has 0 aromatic heterocycles. The van der Waals surface area contributed by atoms with Gasteiger partial charge in [0, 0.05) is 26.2 Å². The van der Waals surface area contributed by atoms with Crippen LogP contribution in [0.1, 0.15) is 33.6 Å². The van der Waals surface area contributed by atoms with Gasteiger partial charge in [-0.05, 0) is 33.6 Å². The van der Waals surface area contributed by atoms with E-state index in [1.54, 1.807) is 11.9 Å². The smallest absolute Gasteiger partial charge is 0.407 e. The Morgan fingerprint density at radius 2 is 1.79 bits per heavy atom. The van der Waals surface area contributed by atoms with Crippen LogP contribution < -0.4 is 16.2 Å². The first kappa shape index (κ1) is 15.6. The monoisotopic (exact) mass is 272 g/mol. The molecule has 1 heterocycles. The number of nitrogens with one attached hydrogen (secondary N) is 3. The van der Waals surface area contributed by atoms with Crippen molar-refractivity contribution in [1.29, 1.82) is 0 Å². The number of hydrogen-bond donors (Lipinski definition) is 3. The first-order valence-corrected chi connectivity index (χ1v) is 6.53. The topological polar surface area (TPSA) is 82.7 Å². The molecule has 0 spiro atoms. The molecule has 0 aromatic rings. The Bertz CT molecular complexity index is 319. The van der Waals surface area contributed by atoms with Crippen LogP contribution in [0.5, 0.6) is 0 Å². The van der Waals surface area contributed by atoms with Gasteiger partial charge in [-0.3, -0.25) is 5.43 Å². The molecule has 3 amide bonds. The number of hydrazine groups is 1. The van der Waals surface area contributed by atoms with Gasteiger partial charge in [0.1, 0.15) is 5.60 Å². The number of amides is 3. The van der Waals surface area contributed by atoms with Crippen molar-refractivity contribution in [2.45, 2.75) is 45.3 Å². The Morgan fingerprint density at radius 1 is 1.21 bits per heavy atom. The van der Waals surface area contributed by atoms with Crippen LogP contribution in [0.3, 0.4) is 0 Å². The third-order valence-electron chi connectivity index (χ3n) is 2.73. The van der Waals surface area contributed by atoms with Gasteiger partial charge in [0.15, 0.2) is 0 Å². The Kier molecular flexibility index (Phi) is 5.41. The number of piperidine rings is 1. The van der Waals surface area contributed by atoms with Gasteiger partial charge in [-0.2, -0.15) is 0 Å². The molecule has 1 fully saturated rings. The van der Waals surface area contributed by atoms with Crippen LogP contribution in [-0.2, 0) is 4.74 Å². The van der Waals surface area contributed by atoms with Crippen LogP contribution in [-0.4, -0.2) is 48.8 Å². The van der Waals surface area contributed by atoms with Crippen LogP contribution in [0.25, 0.3) is 0 Å². The molecule has 0 saturated carbocycles. The highest BCUT2D eigenvalue weighted by atomic mass is 16.6. The Morgan fingerprint density at radius 3 is 2.26 bits per heavy atom. The van der Waals surface area contributed by atoms with Crippen LogP contribution >= 0.6 is 0 Å². The fourth-order valence-electron chi connectivity index (χ4n) is 1.89. The predicted octanol–water partition coefficient (Wildman–Crippen LogP) is 0.820. The predicted molar refractivity (Wildman–Crippen MR) is 71.6 cm³/mol. The third kappa shape index (κ3) is 5.78. The standard InChI is InChI=1S/C12H24N4O3/c1-12(2,3)19-11(18)14-9-5-7-16(8-6-9)10(17)15-13-4/h9,13H,5-8H2,1-4H3,(H,14,18)(H,15,17). The number of hydrogen-bond acceptors (Lipinski definition) is 4. The lowest BCUT2D eigenvalue weighted by atomic mass is 10.1. The van der Waals surface area contributed by atoms with Crippen molar-refractivity contribution in [2.24, 2.45) is 0 Å². The van der Waals surface area contributed by atoms with Gasteiger partial charge in [-0.1, -0.05) is 0 Å². The quantitative estimate of drug-likeness (QED) is 0.650. The molecule has 0 radical (unpaired) electrons. The lowest BCUT2D eigenvalue weighted by molar-refractivity contribution is 0.0485. The number of ether oxygens (including phenoxy) is 1. The molecule has 1 aliphatic heterocycles. The summed E-state index contributed by atoms with van der Waals surface area (Å²) in [5, 5.41) is 2.83. The number of alkyl carbamates (subject to hydrolysis) is 1. The number of carbonyl (C=O) groups excluding carboxylic acids is 2. The van der Waals surface area contributed by atoms with E-state index in [-0.39, 0.29) is 12.1 Å². The van der Waals surface area contributed by atoms with Crippen LogP contribution in [0.15, 0.2) is 0 Å². The van der Waals surface area contributed by atoms with Gasteiger partial charge >= 0.3 is 12.1 Å². The van der Waals surface area contributed by atoms with Gasteiger partial charge in [0.2, 0.25) is 0 Å². The van der Waals surface area contributed by atoms with Crippen LogP contribution in [0.4, 0.5) is 9.59 Å². The summed E-state index contributed by atoms with van der Waals surface area (Å²) in [6.45, 7) is 6.73. The van der Waals surface area contributed by atoms with Crippen LogP contribution in [0.2, 0.25) is 0 Å². The van der Waals surface area contributed by atoms with E-state index in [4.69, 9.17) is 4.74 Å². The summed E-state index contributed by atoms with van der Waals surface area (Å²) in [5.41, 5.74) is 4.64. The maximum absolute atomic E-state index is 11.6. The van der Waals surface area contributed by atoms with E-state index in [9.17, 15) is 9.59 Å². The minimum absolute atomic E-state index is 0.0634. The molecule has 0 aromatic carbocycles.